The van der Waals surface area contributed by atoms with Gasteiger partial charge >= 0.3 is 0 Å². The van der Waals surface area contributed by atoms with Crippen molar-refractivity contribution in [1.82, 2.24) is 10.3 Å². The minimum atomic E-state index is 0.665. The summed E-state index contributed by atoms with van der Waals surface area (Å²) in [4.78, 5) is 4.05. The smallest absolute Gasteiger partial charge is 0.0271 e. The molecule has 4 atom stereocenters. The highest BCUT2D eigenvalue weighted by molar-refractivity contribution is 5.09. The molecule has 2 aliphatic rings. The lowest BCUT2D eigenvalue weighted by Crippen LogP contribution is -2.35. The molecule has 0 aromatic carbocycles. The number of rotatable bonds is 4. The van der Waals surface area contributed by atoms with Crippen molar-refractivity contribution in [2.75, 3.05) is 0 Å². The number of aromatic nitrogens is 1. The molecule has 1 aromatic heterocycles. The molecule has 3 rings (SSSR count). The Bertz CT molecular complexity index is 362. The summed E-state index contributed by atoms with van der Waals surface area (Å²) >= 11 is 0. The Balaban J connectivity index is 1.52. The van der Waals surface area contributed by atoms with Crippen LogP contribution in [0.25, 0.3) is 0 Å². The lowest BCUT2D eigenvalue weighted by Gasteiger charge is -2.28. The van der Waals surface area contributed by atoms with Crippen LogP contribution in [0.5, 0.6) is 0 Å². The zero-order valence-electron chi connectivity index (χ0n) is 10.6. The summed E-state index contributed by atoms with van der Waals surface area (Å²) in [6, 6.07) is 4.86. The third-order valence-electron chi connectivity index (χ3n) is 4.81. The van der Waals surface area contributed by atoms with Gasteiger partial charge in [-0.3, -0.25) is 4.98 Å². The largest absolute Gasteiger partial charge is 0.310 e. The van der Waals surface area contributed by atoms with E-state index in [1.54, 1.807) is 0 Å². The van der Waals surface area contributed by atoms with Crippen LogP contribution in [0.3, 0.4) is 0 Å². The minimum absolute atomic E-state index is 0.665. The molecule has 2 fully saturated rings. The summed E-state index contributed by atoms with van der Waals surface area (Å²) in [6.07, 6.45) is 9.70. The molecule has 1 heterocycles. The number of fused-ring (bicyclic) bond motifs is 2. The normalized spacial score (nSPS) is 32.9. The SMILES string of the molecule is CC(NCc1ccncc1)C1CC2CCC1C2. The minimum Gasteiger partial charge on any atom is -0.310 e. The van der Waals surface area contributed by atoms with Crippen molar-refractivity contribution in [2.24, 2.45) is 17.8 Å². The Labute approximate surface area is 104 Å². The van der Waals surface area contributed by atoms with Gasteiger partial charge < -0.3 is 5.32 Å². The Morgan fingerprint density at radius 2 is 2.12 bits per heavy atom. The van der Waals surface area contributed by atoms with E-state index in [4.69, 9.17) is 0 Å². The van der Waals surface area contributed by atoms with E-state index in [1.165, 1.54) is 31.2 Å². The van der Waals surface area contributed by atoms with Gasteiger partial charge in [0, 0.05) is 25.0 Å². The molecule has 0 spiro atoms. The molecule has 92 valence electrons. The number of nitrogens with zero attached hydrogens (tertiary/aromatic N) is 1. The van der Waals surface area contributed by atoms with E-state index in [2.05, 4.69) is 29.4 Å². The van der Waals surface area contributed by atoms with Crippen LogP contribution in [0.1, 0.15) is 38.2 Å². The van der Waals surface area contributed by atoms with Gasteiger partial charge in [-0.15, -0.1) is 0 Å². The number of nitrogens with one attached hydrogen (secondary N) is 1. The molecule has 4 unspecified atom stereocenters. The van der Waals surface area contributed by atoms with Crippen LogP contribution in [0.4, 0.5) is 0 Å². The van der Waals surface area contributed by atoms with Gasteiger partial charge in [0.05, 0.1) is 0 Å². The van der Waals surface area contributed by atoms with Crippen LogP contribution in [-0.4, -0.2) is 11.0 Å². The van der Waals surface area contributed by atoms with Crippen molar-refractivity contribution in [3.8, 4) is 0 Å². The third kappa shape index (κ3) is 2.37. The first kappa shape index (κ1) is 11.2. The van der Waals surface area contributed by atoms with E-state index in [9.17, 15) is 0 Å². The van der Waals surface area contributed by atoms with Crippen molar-refractivity contribution in [2.45, 2.75) is 45.2 Å². The molecule has 1 aromatic rings. The molecule has 17 heavy (non-hydrogen) atoms. The second-order valence-corrected chi connectivity index (χ2v) is 5.86. The molecule has 2 nitrogen and oxygen atoms in total. The number of hydrogen-bond donors (Lipinski definition) is 1. The summed E-state index contributed by atoms with van der Waals surface area (Å²) in [5, 5.41) is 3.70. The van der Waals surface area contributed by atoms with Crippen LogP contribution < -0.4 is 5.32 Å². The second kappa shape index (κ2) is 4.77. The molecule has 2 saturated carbocycles. The highest BCUT2D eigenvalue weighted by Gasteiger charge is 2.41. The molecule has 0 aliphatic heterocycles. The molecule has 2 aliphatic carbocycles. The van der Waals surface area contributed by atoms with Gasteiger partial charge in [0.1, 0.15) is 0 Å². The summed E-state index contributed by atoms with van der Waals surface area (Å²) in [5.74, 6) is 2.99. The maximum atomic E-state index is 4.05. The van der Waals surface area contributed by atoms with Crippen molar-refractivity contribution >= 4 is 0 Å². The van der Waals surface area contributed by atoms with E-state index < -0.39 is 0 Å². The summed E-state index contributed by atoms with van der Waals surface area (Å²) in [7, 11) is 0. The zero-order valence-corrected chi connectivity index (χ0v) is 10.6. The summed E-state index contributed by atoms with van der Waals surface area (Å²) in [6.45, 7) is 3.35. The third-order valence-corrected chi connectivity index (χ3v) is 4.81. The van der Waals surface area contributed by atoms with Gasteiger partial charge in [-0.1, -0.05) is 6.42 Å². The van der Waals surface area contributed by atoms with E-state index >= 15 is 0 Å². The van der Waals surface area contributed by atoms with Gasteiger partial charge in [-0.2, -0.15) is 0 Å². The summed E-state index contributed by atoms with van der Waals surface area (Å²) < 4.78 is 0. The Morgan fingerprint density at radius 1 is 1.29 bits per heavy atom. The van der Waals surface area contributed by atoms with Crippen LogP contribution in [-0.2, 0) is 6.54 Å². The van der Waals surface area contributed by atoms with E-state index in [-0.39, 0.29) is 0 Å². The average molecular weight is 230 g/mol. The highest BCUT2D eigenvalue weighted by atomic mass is 14.9. The fraction of sp³-hybridized carbons (Fsp3) is 0.667. The maximum Gasteiger partial charge on any atom is 0.0271 e. The lowest BCUT2D eigenvalue weighted by molar-refractivity contribution is 0.259. The first-order valence-electron chi connectivity index (χ1n) is 6.95. The standard InChI is InChI=1S/C15H22N2/c1-11(15-9-13-2-3-14(15)8-13)17-10-12-4-6-16-7-5-12/h4-7,11,13-15,17H,2-3,8-10H2,1H3. The van der Waals surface area contributed by atoms with Crippen LogP contribution in [0, 0.1) is 17.8 Å². The van der Waals surface area contributed by atoms with Crippen molar-refractivity contribution in [3.05, 3.63) is 30.1 Å². The Morgan fingerprint density at radius 3 is 2.76 bits per heavy atom. The van der Waals surface area contributed by atoms with Crippen LogP contribution >= 0.6 is 0 Å². The predicted octanol–water partition coefficient (Wildman–Crippen LogP) is 3.00. The molecule has 2 bridgehead atoms. The average Bonchev–Trinajstić information content (AvgIpc) is 2.99. The Kier molecular flexibility index (Phi) is 3.15. The number of hydrogen-bond acceptors (Lipinski definition) is 2. The van der Waals surface area contributed by atoms with Gasteiger partial charge in [0.15, 0.2) is 0 Å². The quantitative estimate of drug-likeness (QED) is 0.860. The predicted molar refractivity (Wildman–Crippen MR) is 69.5 cm³/mol. The van der Waals surface area contributed by atoms with Gasteiger partial charge in [-0.05, 0) is 61.6 Å². The lowest BCUT2D eigenvalue weighted by atomic mass is 9.84. The maximum absolute atomic E-state index is 4.05. The molecule has 2 heteroatoms. The first-order valence-corrected chi connectivity index (χ1v) is 6.95. The van der Waals surface area contributed by atoms with E-state index in [1.807, 2.05) is 12.4 Å². The highest BCUT2D eigenvalue weighted by Crippen LogP contribution is 2.49. The molecule has 0 amide bonds. The van der Waals surface area contributed by atoms with E-state index in [0.717, 1.165) is 24.3 Å². The summed E-state index contributed by atoms with van der Waals surface area (Å²) in [5.41, 5.74) is 1.34. The molecule has 1 N–H and O–H groups in total. The van der Waals surface area contributed by atoms with Crippen molar-refractivity contribution in [3.63, 3.8) is 0 Å². The second-order valence-electron chi connectivity index (χ2n) is 5.86. The van der Waals surface area contributed by atoms with Crippen LogP contribution in [0.2, 0.25) is 0 Å². The molecular formula is C15H22N2. The fourth-order valence-electron chi connectivity index (χ4n) is 3.84. The van der Waals surface area contributed by atoms with Crippen molar-refractivity contribution in [1.29, 1.82) is 0 Å². The molecule has 0 saturated heterocycles. The first-order chi connectivity index (χ1) is 8.33. The van der Waals surface area contributed by atoms with Crippen molar-refractivity contribution < 1.29 is 0 Å². The molecular weight excluding hydrogens is 208 g/mol. The van der Waals surface area contributed by atoms with Gasteiger partial charge in [0.25, 0.3) is 0 Å². The van der Waals surface area contributed by atoms with Crippen LogP contribution in [0.15, 0.2) is 24.5 Å². The Hall–Kier alpha value is -0.890. The topological polar surface area (TPSA) is 24.9 Å². The monoisotopic (exact) mass is 230 g/mol. The van der Waals surface area contributed by atoms with E-state index in [0.29, 0.717) is 6.04 Å². The van der Waals surface area contributed by atoms with Gasteiger partial charge in [0.2, 0.25) is 0 Å². The van der Waals surface area contributed by atoms with Gasteiger partial charge in [-0.25, -0.2) is 0 Å². The number of pyridine rings is 1. The molecule has 0 radical (unpaired) electrons. The zero-order chi connectivity index (χ0) is 11.7. The fourth-order valence-corrected chi connectivity index (χ4v) is 3.84.